The van der Waals surface area contributed by atoms with E-state index in [1.54, 1.807) is 7.11 Å². The van der Waals surface area contributed by atoms with Crippen molar-refractivity contribution in [3.8, 4) is 0 Å². The first kappa shape index (κ1) is 10.3. The van der Waals surface area contributed by atoms with Gasteiger partial charge < -0.3 is 9.47 Å². The lowest BCUT2D eigenvalue weighted by Gasteiger charge is -2.29. The van der Waals surface area contributed by atoms with Gasteiger partial charge in [-0.3, -0.25) is 0 Å². The normalized spacial score (nSPS) is 35.8. The van der Waals surface area contributed by atoms with Gasteiger partial charge in [-0.25, -0.2) is 0 Å². The summed E-state index contributed by atoms with van der Waals surface area (Å²) < 4.78 is 10.9. The van der Waals surface area contributed by atoms with Gasteiger partial charge in [-0.15, -0.1) is 11.6 Å². The zero-order valence-electron chi connectivity index (χ0n) is 7.81. The fourth-order valence-electron chi connectivity index (χ4n) is 1.59. The lowest BCUT2D eigenvalue weighted by molar-refractivity contribution is -0.195. The highest BCUT2D eigenvalue weighted by Crippen LogP contribution is 2.35. The SMILES string of the molecule is CCCCC1(OC)OCCC1Cl. The van der Waals surface area contributed by atoms with Gasteiger partial charge in [0.05, 0.1) is 12.0 Å². The molecule has 0 radical (unpaired) electrons. The van der Waals surface area contributed by atoms with E-state index in [0.29, 0.717) is 0 Å². The molecular weight excluding hydrogens is 176 g/mol. The molecule has 2 unspecified atom stereocenters. The third kappa shape index (κ3) is 1.93. The van der Waals surface area contributed by atoms with Gasteiger partial charge in [0.2, 0.25) is 0 Å². The minimum Gasteiger partial charge on any atom is -0.352 e. The Kier molecular flexibility index (Phi) is 3.81. The van der Waals surface area contributed by atoms with Crippen molar-refractivity contribution in [3.05, 3.63) is 0 Å². The molecule has 0 spiro atoms. The average Bonchev–Trinajstić information content (AvgIpc) is 2.45. The molecule has 0 N–H and O–H groups in total. The molecule has 1 rings (SSSR count). The van der Waals surface area contributed by atoms with Gasteiger partial charge in [-0.2, -0.15) is 0 Å². The summed E-state index contributed by atoms with van der Waals surface area (Å²) in [5.41, 5.74) is 0. The highest BCUT2D eigenvalue weighted by molar-refractivity contribution is 6.21. The zero-order chi connectivity index (χ0) is 9.03. The lowest BCUT2D eigenvalue weighted by atomic mass is 10.1. The first-order valence-electron chi connectivity index (χ1n) is 4.58. The fourth-order valence-corrected chi connectivity index (χ4v) is 1.94. The molecule has 1 aliphatic heterocycles. The van der Waals surface area contributed by atoms with E-state index in [2.05, 4.69) is 6.92 Å². The van der Waals surface area contributed by atoms with Crippen LogP contribution < -0.4 is 0 Å². The summed E-state index contributed by atoms with van der Waals surface area (Å²) >= 11 is 6.12. The second-order valence-corrected chi connectivity index (χ2v) is 3.75. The second-order valence-electron chi connectivity index (χ2n) is 3.22. The standard InChI is InChI=1S/C9H17ClO2/c1-3-4-6-9(11-2)8(10)5-7-12-9/h8H,3-7H2,1-2H3. The molecule has 3 heteroatoms. The van der Waals surface area contributed by atoms with Gasteiger partial charge >= 0.3 is 0 Å². The van der Waals surface area contributed by atoms with Crippen molar-refractivity contribution in [1.82, 2.24) is 0 Å². The summed E-state index contributed by atoms with van der Waals surface area (Å²) in [6.07, 6.45) is 4.07. The monoisotopic (exact) mass is 192 g/mol. The molecular formula is C9H17ClO2. The van der Waals surface area contributed by atoms with Crippen molar-refractivity contribution < 1.29 is 9.47 Å². The molecule has 1 fully saturated rings. The Labute approximate surface area is 79.2 Å². The predicted molar refractivity (Wildman–Crippen MR) is 49.5 cm³/mol. The van der Waals surface area contributed by atoms with Crippen molar-refractivity contribution in [2.24, 2.45) is 0 Å². The van der Waals surface area contributed by atoms with Gasteiger partial charge in [-0.05, 0) is 12.8 Å². The molecule has 2 atom stereocenters. The maximum atomic E-state index is 6.12. The number of methoxy groups -OCH3 is 1. The molecule has 1 heterocycles. The van der Waals surface area contributed by atoms with Crippen LogP contribution in [0, 0.1) is 0 Å². The van der Waals surface area contributed by atoms with E-state index >= 15 is 0 Å². The van der Waals surface area contributed by atoms with Gasteiger partial charge in [-0.1, -0.05) is 13.3 Å². The van der Waals surface area contributed by atoms with Crippen LogP contribution in [0.15, 0.2) is 0 Å². The predicted octanol–water partition coefficient (Wildman–Crippen LogP) is 2.55. The first-order valence-corrected chi connectivity index (χ1v) is 5.02. The first-order chi connectivity index (χ1) is 5.75. The highest BCUT2D eigenvalue weighted by Gasteiger charge is 2.42. The molecule has 72 valence electrons. The summed E-state index contributed by atoms with van der Waals surface area (Å²) in [5.74, 6) is -0.489. The fraction of sp³-hybridized carbons (Fsp3) is 1.00. The highest BCUT2D eigenvalue weighted by atomic mass is 35.5. The third-order valence-electron chi connectivity index (χ3n) is 2.42. The van der Waals surface area contributed by atoms with E-state index < -0.39 is 5.79 Å². The molecule has 12 heavy (non-hydrogen) atoms. The molecule has 0 aliphatic carbocycles. The van der Waals surface area contributed by atoms with Crippen LogP contribution in [0.2, 0.25) is 0 Å². The van der Waals surface area contributed by atoms with Crippen LogP contribution in [0.5, 0.6) is 0 Å². The average molecular weight is 193 g/mol. The number of rotatable bonds is 4. The lowest BCUT2D eigenvalue weighted by Crippen LogP contribution is -2.38. The smallest absolute Gasteiger partial charge is 0.184 e. The van der Waals surface area contributed by atoms with Crippen molar-refractivity contribution in [2.75, 3.05) is 13.7 Å². The van der Waals surface area contributed by atoms with Crippen LogP contribution in [0.3, 0.4) is 0 Å². The van der Waals surface area contributed by atoms with Crippen molar-refractivity contribution in [2.45, 2.75) is 43.8 Å². The molecule has 2 nitrogen and oxygen atoms in total. The van der Waals surface area contributed by atoms with Crippen LogP contribution in [-0.4, -0.2) is 24.9 Å². The van der Waals surface area contributed by atoms with Crippen LogP contribution in [0.1, 0.15) is 32.6 Å². The Morgan fingerprint density at radius 3 is 2.83 bits per heavy atom. The van der Waals surface area contributed by atoms with Gasteiger partial charge in [0, 0.05) is 13.5 Å². The Morgan fingerprint density at radius 2 is 2.42 bits per heavy atom. The number of unbranched alkanes of at least 4 members (excludes halogenated alkanes) is 1. The van der Waals surface area contributed by atoms with Gasteiger partial charge in [0.15, 0.2) is 5.79 Å². The maximum absolute atomic E-state index is 6.12. The van der Waals surface area contributed by atoms with Crippen molar-refractivity contribution in [3.63, 3.8) is 0 Å². The van der Waals surface area contributed by atoms with Crippen molar-refractivity contribution in [1.29, 1.82) is 0 Å². The minimum absolute atomic E-state index is 0.0223. The molecule has 0 aromatic rings. The molecule has 0 saturated carbocycles. The summed E-state index contributed by atoms with van der Waals surface area (Å²) in [6.45, 7) is 2.88. The molecule has 0 aromatic carbocycles. The number of hydrogen-bond donors (Lipinski definition) is 0. The van der Waals surface area contributed by atoms with E-state index in [1.165, 1.54) is 0 Å². The third-order valence-corrected chi connectivity index (χ3v) is 2.97. The van der Waals surface area contributed by atoms with E-state index in [-0.39, 0.29) is 5.38 Å². The van der Waals surface area contributed by atoms with Crippen LogP contribution >= 0.6 is 11.6 Å². The van der Waals surface area contributed by atoms with Crippen molar-refractivity contribution >= 4 is 11.6 Å². The summed E-state index contributed by atoms with van der Waals surface area (Å²) in [4.78, 5) is 0. The molecule has 0 bridgehead atoms. The van der Waals surface area contributed by atoms with E-state index in [9.17, 15) is 0 Å². The Hall–Kier alpha value is 0.210. The van der Waals surface area contributed by atoms with E-state index in [0.717, 1.165) is 32.3 Å². The Bertz CT molecular complexity index is 140. The summed E-state index contributed by atoms with van der Waals surface area (Å²) in [7, 11) is 1.68. The molecule has 0 amide bonds. The summed E-state index contributed by atoms with van der Waals surface area (Å²) in [6, 6.07) is 0. The maximum Gasteiger partial charge on any atom is 0.184 e. The largest absolute Gasteiger partial charge is 0.352 e. The molecule has 0 aromatic heterocycles. The topological polar surface area (TPSA) is 18.5 Å². The van der Waals surface area contributed by atoms with Crippen LogP contribution in [0.25, 0.3) is 0 Å². The second kappa shape index (κ2) is 4.45. The van der Waals surface area contributed by atoms with E-state index in [4.69, 9.17) is 21.1 Å². The van der Waals surface area contributed by atoms with Crippen LogP contribution in [-0.2, 0) is 9.47 Å². The molecule has 1 aliphatic rings. The minimum atomic E-state index is -0.489. The van der Waals surface area contributed by atoms with Gasteiger partial charge in [0.1, 0.15) is 0 Å². The number of hydrogen-bond acceptors (Lipinski definition) is 2. The zero-order valence-corrected chi connectivity index (χ0v) is 8.56. The molecule has 1 saturated heterocycles. The van der Waals surface area contributed by atoms with Crippen LogP contribution in [0.4, 0.5) is 0 Å². The number of ether oxygens (including phenoxy) is 2. The number of alkyl halides is 1. The van der Waals surface area contributed by atoms with E-state index in [1.807, 2.05) is 0 Å². The number of halogens is 1. The quantitative estimate of drug-likeness (QED) is 0.638. The summed E-state index contributed by atoms with van der Waals surface area (Å²) in [5, 5.41) is 0.0223. The Morgan fingerprint density at radius 1 is 1.67 bits per heavy atom. The van der Waals surface area contributed by atoms with Gasteiger partial charge in [0.25, 0.3) is 0 Å². The Balaban J connectivity index is 2.49.